The van der Waals surface area contributed by atoms with Gasteiger partial charge in [-0.2, -0.15) is 0 Å². The molecule has 28 heavy (non-hydrogen) atoms. The molecule has 6 nitrogen and oxygen atoms in total. The van der Waals surface area contributed by atoms with Crippen LogP contribution in [0.15, 0.2) is 54.6 Å². The molecule has 0 aliphatic heterocycles. The third kappa shape index (κ3) is 6.55. The van der Waals surface area contributed by atoms with Crippen molar-refractivity contribution in [3.63, 3.8) is 0 Å². The third-order valence-electron chi connectivity index (χ3n) is 4.59. The van der Waals surface area contributed by atoms with Gasteiger partial charge in [-0.1, -0.05) is 42.5 Å². The van der Waals surface area contributed by atoms with E-state index in [1.165, 1.54) is 0 Å². The van der Waals surface area contributed by atoms with E-state index < -0.39 is 0 Å². The number of benzene rings is 2. The molecule has 0 radical (unpaired) electrons. The summed E-state index contributed by atoms with van der Waals surface area (Å²) in [6.07, 6.45) is 2.34. The number of carbonyl (C=O) groups excluding carboxylic acids is 2. The highest BCUT2D eigenvalue weighted by atomic mass is 35.5. The van der Waals surface area contributed by atoms with Crippen molar-refractivity contribution in [2.45, 2.75) is 44.3 Å². The topological polar surface area (TPSA) is 96.2 Å². The number of amides is 3. The maximum absolute atomic E-state index is 12.3. The fourth-order valence-corrected chi connectivity index (χ4v) is 2.84. The fraction of sp³-hybridized carbons (Fsp3) is 0.333. The molecular formula is C21H27ClN4O2. The van der Waals surface area contributed by atoms with Crippen molar-refractivity contribution in [3.05, 3.63) is 65.7 Å². The fourth-order valence-electron chi connectivity index (χ4n) is 2.84. The van der Waals surface area contributed by atoms with E-state index in [0.29, 0.717) is 6.04 Å². The smallest absolute Gasteiger partial charge is 0.319 e. The van der Waals surface area contributed by atoms with Crippen LogP contribution in [-0.4, -0.2) is 18.0 Å². The SMILES string of the molecule is CC(NC(=O)CC(N)c1ccccc1)c1ccc(NC(=O)NC2CC2)cc1.Cl. The van der Waals surface area contributed by atoms with E-state index in [1.807, 2.05) is 61.5 Å². The molecule has 0 bridgehead atoms. The number of rotatable bonds is 7. The second-order valence-electron chi connectivity index (χ2n) is 7.01. The van der Waals surface area contributed by atoms with Crippen LogP contribution in [0, 0.1) is 0 Å². The Morgan fingerprint density at radius 2 is 1.68 bits per heavy atom. The van der Waals surface area contributed by atoms with Crippen molar-refractivity contribution in [2.75, 3.05) is 5.32 Å². The van der Waals surface area contributed by atoms with Crippen molar-refractivity contribution in [2.24, 2.45) is 5.73 Å². The first-order valence-corrected chi connectivity index (χ1v) is 9.28. The van der Waals surface area contributed by atoms with Gasteiger partial charge in [0.1, 0.15) is 0 Å². The second-order valence-corrected chi connectivity index (χ2v) is 7.01. The summed E-state index contributed by atoms with van der Waals surface area (Å²) in [4.78, 5) is 24.0. The van der Waals surface area contributed by atoms with Crippen LogP contribution in [0.25, 0.3) is 0 Å². The predicted molar refractivity (Wildman–Crippen MR) is 113 cm³/mol. The number of hydrogen-bond donors (Lipinski definition) is 4. The normalized spacial score (nSPS) is 14.9. The first kappa shape index (κ1) is 21.7. The first-order chi connectivity index (χ1) is 13.0. The highest BCUT2D eigenvalue weighted by Gasteiger charge is 2.23. The minimum atomic E-state index is -0.324. The van der Waals surface area contributed by atoms with Crippen LogP contribution in [0.4, 0.5) is 10.5 Å². The van der Waals surface area contributed by atoms with Gasteiger partial charge < -0.3 is 21.7 Å². The molecule has 1 aliphatic carbocycles. The van der Waals surface area contributed by atoms with Gasteiger partial charge in [-0.05, 0) is 43.0 Å². The zero-order valence-corrected chi connectivity index (χ0v) is 16.7. The third-order valence-corrected chi connectivity index (χ3v) is 4.59. The quantitative estimate of drug-likeness (QED) is 0.569. The van der Waals surface area contributed by atoms with Gasteiger partial charge in [-0.3, -0.25) is 4.79 Å². The molecule has 0 spiro atoms. The van der Waals surface area contributed by atoms with Crippen LogP contribution < -0.4 is 21.7 Å². The molecule has 3 amide bonds. The Morgan fingerprint density at radius 3 is 2.29 bits per heavy atom. The van der Waals surface area contributed by atoms with E-state index in [2.05, 4.69) is 16.0 Å². The molecule has 7 heteroatoms. The Morgan fingerprint density at radius 1 is 1.04 bits per heavy atom. The Kier molecular flexibility index (Phi) is 7.84. The average molecular weight is 403 g/mol. The summed E-state index contributed by atoms with van der Waals surface area (Å²) in [6.45, 7) is 1.92. The molecule has 5 N–H and O–H groups in total. The highest BCUT2D eigenvalue weighted by Crippen LogP contribution is 2.20. The van der Waals surface area contributed by atoms with Crippen LogP contribution in [0.5, 0.6) is 0 Å². The lowest BCUT2D eigenvalue weighted by molar-refractivity contribution is -0.122. The summed E-state index contributed by atoms with van der Waals surface area (Å²) in [5.74, 6) is -0.0927. The summed E-state index contributed by atoms with van der Waals surface area (Å²) in [5.41, 5.74) is 8.74. The van der Waals surface area contributed by atoms with Crippen molar-refractivity contribution < 1.29 is 9.59 Å². The van der Waals surface area contributed by atoms with Gasteiger partial charge in [0.15, 0.2) is 0 Å². The average Bonchev–Trinajstić information content (AvgIpc) is 3.46. The lowest BCUT2D eigenvalue weighted by Crippen LogP contribution is -2.30. The number of hydrogen-bond acceptors (Lipinski definition) is 3. The minimum absolute atomic E-state index is 0. The molecule has 150 valence electrons. The summed E-state index contributed by atoms with van der Waals surface area (Å²) < 4.78 is 0. The Balaban J connectivity index is 0.00000280. The van der Waals surface area contributed by atoms with E-state index in [-0.39, 0.29) is 42.8 Å². The monoisotopic (exact) mass is 402 g/mol. The number of carbonyl (C=O) groups is 2. The molecule has 1 aliphatic rings. The number of urea groups is 1. The summed E-state index contributed by atoms with van der Waals surface area (Å²) >= 11 is 0. The Hall–Kier alpha value is -2.57. The summed E-state index contributed by atoms with van der Waals surface area (Å²) in [6, 6.07) is 16.7. The number of nitrogens with two attached hydrogens (primary N) is 1. The summed E-state index contributed by atoms with van der Waals surface area (Å²) in [7, 11) is 0. The van der Waals surface area contributed by atoms with E-state index in [0.717, 1.165) is 29.7 Å². The maximum Gasteiger partial charge on any atom is 0.319 e. The van der Waals surface area contributed by atoms with Crippen LogP contribution >= 0.6 is 12.4 Å². The lowest BCUT2D eigenvalue weighted by Gasteiger charge is -2.17. The van der Waals surface area contributed by atoms with Crippen molar-refractivity contribution in [1.29, 1.82) is 0 Å². The molecule has 2 aromatic carbocycles. The Labute approximate surface area is 171 Å². The molecule has 0 saturated heterocycles. The van der Waals surface area contributed by atoms with Gasteiger partial charge in [0.2, 0.25) is 5.91 Å². The van der Waals surface area contributed by atoms with Gasteiger partial charge >= 0.3 is 6.03 Å². The van der Waals surface area contributed by atoms with E-state index in [4.69, 9.17) is 5.73 Å². The second kappa shape index (κ2) is 10.1. The summed E-state index contributed by atoms with van der Waals surface area (Å²) in [5, 5.41) is 8.66. The van der Waals surface area contributed by atoms with Gasteiger partial charge in [0.25, 0.3) is 0 Å². The predicted octanol–water partition coefficient (Wildman–Crippen LogP) is 3.66. The Bertz CT molecular complexity index is 779. The number of nitrogens with one attached hydrogen (secondary N) is 3. The largest absolute Gasteiger partial charge is 0.350 e. The minimum Gasteiger partial charge on any atom is -0.350 e. The van der Waals surface area contributed by atoms with Crippen LogP contribution in [0.2, 0.25) is 0 Å². The van der Waals surface area contributed by atoms with Gasteiger partial charge in [0.05, 0.1) is 6.04 Å². The van der Waals surface area contributed by atoms with Gasteiger partial charge in [-0.15, -0.1) is 12.4 Å². The number of halogens is 1. The van der Waals surface area contributed by atoms with Gasteiger partial charge in [0, 0.05) is 24.2 Å². The van der Waals surface area contributed by atoms with Crippen molar-refractivity contribution in [3.8, 4) is 0 Å². The molecule has 0 heterocycles. The van der Waals surface area contributed by atoms with E-state index >= 15 is 0 Å². The highest BCUT2D eigenvalue weighted by molar-refractivity contribution is 5.89. The molecule has 0 aromatic heterocycles. The standard InChI is InChI=1S/C21H26N4O2.ClH/c1-14(23-20(26)13-19(22)16-5-3-2-4-6-16)15-7-9-17(10-8-15)24-21(27)25-18-11-12-18;/h2-10,14,18-19H,11-13,22H2,1H3,(H,23,26)(H2,24,25,27);1H. The van der Waals surface area contributed by atoms with Crippen molar-refractivity contribution in [1.82, 2.24) is 10.6 Å². The molecule has 2 unspecified atom stereocenters. The van der Waals surface area contributed by atoms with Crippen LogP contribution in [-0.2, 0) is 4.79 Å². The number of anilines is 1. The van der Waals surface area contributed by atoms with E-state index in [9.17, 15) is 9.59 Å². The molecule has 1 saturated carbocycles. The van der Waals surface area contributed by atoms with E-state index in [1.54, 1.807) is 0 Å². The van der Waals surface area contributed by atoms with Crippen LogP contribution in [0.3, 0.4) is 0 Å². The zero-order chi connectivity index (χ0) is 19.2. The first-order valence-electron chi connectivity index (χ1n) is 9.28. The maximum atomic E-state index is 12.3. The zero-order valence-electron chi connectivity index (χ0n) is 15.9. The molecule has 3 rings (SSSR count). The molecular weight excluding hydrogens is 376 g/mol. The van der Waals surface area contributed by atoms with Gasteiger partial charge in [-0.25, -0.2) is 4.79 Å². The molecule has 1 fully saturated rings. The molecule has 2 atom stereocenters. The van der Waals surface area contributed by atoms with Crippen molar-refractivity contribution >= 4 is 30.0 Å². The molecule has 2 aromatic rings. The lowest BCUT2D eigenvalue weighted by atomic mass is 10.0. The van der Waals surface area contributed by atoms with Crippen LogP contribution in [0.1, 0.15) is 49.4 Å².